The van der Waals surface area contributed by atoms with E-state index in [1.807, 2.05) is 11.4 Å². The molecule has 0 radical (unpaired) electrons. The van der Waals surface area contributed by atoms with E-state index in [4.69, 9.17) is 10.00 Å². The Morgan fingerprint density at radius 2 is 1.91 bits per heavy atom. The molecule has 0 aliphatic heterocycles. The zero-order valence-corrected chi connectivity index (χ0v) is 12.9. The lowest BCUT2D eigenvalue weighted by molar-refractivity contribution is -0.141. The fourth-order valence-corrected chi connectivity index (χ4v) is 2.11. The molecule has 0 atom stereocenters. The third-order valence-corrected chi connectivity index (χ3v) is 3.73. The molecule has 1 aromatic heterocycles. The summed E-state index contributed by atoms with van der Waals surface area (Å²) in [6.45, 7) is 2.98. The van der Waals surface area contributed by atoms with Crippen LogP contribution in [0.3, 0.4) is 0 Å². The quantitative estimate of drug-likeness (QED) is 0.692. The Kier molecular flexibility index (Phi) is 4.59. The molecule has 0 aliphatic carbocycles. The minimum absolute atomic E-state index is 0.189. The van der Waals surface area contributed by atoms with Gasteiger partial charge in [-0.3, -0.25) is 4.79 Å². The molecule has 2 rings (SSSR count). The predicted molar refractivity (Wildman–Crippen MR) is 83.7 cm³/mol. The molecular weight excluding hydrogens is 300 g/mol. The fourth-order valence-electron chi connectivity index (χ4n) is 1.49. The van der Waals surface area contributed by atoms with E-state index in [0.717, 1.165) is 0 Å². The third-order valence-electron chi connectivity index (χ3n) is 2.86. The molecule has 0 unspecified atom stereocenters. The van der Waals surface area contributed by atoms with Crippen molar-refractivity contribution in [3.8, 4) is 11.8 Å². The molecular formula is C16H14N2O3S. The van der Waals surface area contributed by atoms with Gasteiger partial charge in [0.15, 0.2) is 0 Å². The minimum Gasteiger partial charge on any atom is -0.425 e. The Morgan fingerprint density at radius 1 is 1.23 bits per heavy atom. The first-order chi connectivity index (χ1) is 10.4. The number of nitriles is 1. The summed E-state index contributed by atoms with van der Waals surface area (Å²) in [6.07, 6.45) is 0. The average molecular weight is 314 g/mol. The molecule has 22 heavy (non-hydrogen) atoms. The van der Waals surface area contributed by atoms with E-state index in [-0.39, 0.29) is 5.91 Å². The number of carbonyl (C=O) groups is 2. The lowest BCUT2D eigenvalue weighted by atomic mass is 9.96. The van der Waals surface area contributed by atoms with Crippen molar-refractivity contribution in [3.63, 3.8) is 0 Å². The highest BCUT2D eigenvalue weighted by Crippen LogP contribution is 2.21. The van der Waals surface area contributed by atoms with Gasteiger partial charge in [0.2, 0.25) is 0 Å². The SMILES string of the molecule is CC(C)(C#N)C(=O)Oc1ccc(NC(=O)c2cccs2)cc1. The maximum absolute atomic E-state index is 11.9. The van der Waals surface area contributed by atoms with Crippen LogP contribution in [-0.2, 0) is 4.79 Å². The molecule has 1 heterocycles. The van der Waals surface area contributed by atoms with E-state index in [1.165, 1.54) is 25.2 Å². The lowest BCUT2D eigenvalue weighted by Crippen LogP contribution is -2.27. The normalized spacial score (nSPS) is 10.6. The standard InChI is InChI=1S/C16H14N2O3S/c1-16(2,10-17)15(20)21-12-7-5-11(6-8-12)18-14(19)13-4-3-9-22-13/h3-9H,1-2H3,(H,18,19). The van der Waals surface area contributed by atoms with Crippen LogP contribution in [0, 0.1) is 16.7 Å². The van der Waals surface area contributed by atoms with Gasteiger partial charge < -0.3 is 10.1 Å². The highest BCUT2D eigenvalue weighted by Gasteiger charge is 2.29. The second-order valence-electron chi connectivity index (χ2n) is 5.08. The van der Waals surface area contributed by atoms with E-state index in [2.05, 4.69) is 5.32 Å². The molecule has 0 spiro atoms. The number of hydrogen-bond acceptors (Lipinski definition) is 5. The van der Waals surface area contributed by atoms with Crippen molar-refractivity contribution in [2.75, 3.05) is 5.32 Å². The van der Waals surface area contributed by atoms with Gasteiger partial charge in [0.25, 0.3) is 5.91 Å². The summed E-state index contributed by atoms with van der Waals surface area (Å²) >= 11 is 1.36. The van der Waals surface area contributed by atoms with Gasteiger partial charge in [0.1, 0.15) is 11.2 Å². The first kappa shape index (κ1) is 15.7. The van der Waals surface area contributed by atoms with E-state index in [1.54, 1.807) is 36.4 Å². The van der Waals surface area contributed by atoms with Crippen LogP contribution in [0.2, 0.25) is 0 Å². The number of ether oxygens (including phenoxy) is 1. The van der Waals surface area contributed by atoms with Crippen LogP contribution in [0.4, 0.5) is 5.69 Å². The van der Waals surface area contributed by atoms with Crippen molar-refractivity contribution in [2.45, 2.75) is 13.8 Å². The number of amides is 1. The number of hydrogen-bond donors (Lipinski definition) is 1. The van der Waals surface area contributed by atoms with Gasteiger partial charge in [0.05, 0.1) is 10.9 Å². The summed E-state index contributed by atoms with van der Waals surface area (Å²) in [5.74, 6) is -0.488. The Morgan fingerprint density at radius 3 is 2.45 bits per heavy atom. The number of nitrogens with zero attached hydrogens (tertiary/aromatic N) is 1. The molecule has 1 amide bonds. The van der Waals surface area contributed by atoms with Gasteiger partial charge in [0, 0.05) is 5.69 Å². The Bertz CT molecular complexity index is 713. The van der Waals surface area contributed by atoms with Crippen LogP contribution in [-0.4, -0.2) is 11.9 Å². The molecule has 0 fully saturated rings. The van der Waals surface area contributed by atoms with Crippen LogP contribution < -0.4 is 10.1 Å². The predicted octanol–water partition coefficient (Wildman–Crippen LogP) is 3.46. The summed E-state index contributed by atoms with van der Waals surface area (Å²) in [4.78, 5) is 24.3. The summed E-state index contributed by atoms with van der Waals surface area (Å²) in [5.41, 5.74) is -0.607. The smallest absolute Gasteiger partial charge is 0.331 e. The monoisotopic (exact) mass is 314 g/mol. The second kappa shape index (κ2) is 6.41. The molecule has 0 bridgehead atoms. The summed E-state index contributed by atoms with van der Waals surface area (Å²) in [5, 5.41) is 13.5. The summed E-state index contributed by atoms with van der Waals surface area (Å²) in [7, 11) is 0. The Labute approximate surface area is 132 Å². The number of esters is 1. The molecule has 1 aromatic carbocycles. The number of thiophene rings is 1. The number of benzene rings is 1. The van der Waals surface area contributed by atoms with Gasteiger partial charge in [-0.05, 0) is 49.6 Å². The zero-order valence-electron chi connectivity index (χ0n) is 12.1. The maximum atomic E-state index is 11.9. The van der Waals surface area contributed by atoms with Crippen molar-refractivity contribution < 1.29 is 14.3 Å². The molecule has 2 aromatic rings. The first-order valence-electron chi connectivity index (χ1n) is 6.51. The molecule has 112 valence electrons. The van der Waals surface area contributed by atoms with Crippen LogP contribution in [0.15, 0.2) is 41.8 Å². The number of nitrogens with one attached hydrogen (secondary N) is 1. The molecule has 1 N–H and O–H groups in total. The molecule has 6 heteroatoms. The Hall–Kier alpha value is -2.65. The zero-order chi connectivity index (χ0) is 16.2. The van der Waals surface area contributed by atoms with Crippen LogP contribution >= 0.6 is 11.3 Å². The number of rotatable bonds is 4. The molecule has 5 nitrogen and oxygen atoms in total. The van der Waals surface area contributed by atoms with E-state index in [9.17, 15) is 9.59 Å². The number of carbonyl (C=O) groups excluding carboxylic acids is 2. The van der Waals surface area contributed by atoms with Crippen molar-refractivity contribution in [1.82, 2.24) is 0 Å². The Balaban J connectivity index is 2.01. The summed E-state index contributed by atoms with van der Waals surface area (Å²) in [6, 6.07) is 11.8. The first-order valence-corrected chi connectivity index (χ1v) is 7.39. The molecule has 0 saturated heterocycles. The van der Waals surface area contributed by atoms with Gasteiger partial charge in [-0.2, -0.15) is 5.26 Å². The fraction of sp³-hybridized carbons (Fsp3) is 0.188. The minimum atomic E-state index is -1.20. The van der Waals surface area contributed by atoms with Gasteiger partial charge in [-0.25, -0.2) is 4.79 Å². The van der Waals surface area contributed by atoms with E-state index < -0.39 is 11.4 Å². The third kappa shape index (κ3) is 3.71. The van der Waals surface area contributed by atoms with Crippen molar-refractivity contribution in [2.24, 2.45) is 5.41 Å². The molecule has 0 aliphatic rings. The van der Waals surface area contributed by atoms with Crippen LogP contribution in [0.5, 0.6) is 5.75 Å². The van der Waals surface area contributed by atoms with Crippen molar-refractivity contribution >= 4 is 28.9 Å². The van der Waals surface area contributed by atoms with Gasteiger partial charge in [-0.1, -0.05) is 6.07 Å². The second-order valence-corrected chi connectivity index (χ2v) is 6.03. The largest absolute Gasteiger partial charge is 0.425 e. The number of anilines is 1. The van der Waals surface area contributed by atoms with Crippen LogP contribution in [0.1, 0.15) is 23.5 Å². The van der Waals surface area contributed by atoms with Gasteiger partial charge >= 0.3 is 5.97 Å². The highest BCUT2D eigenvalue weighted by atomic mass is 32.1. The maximum Gasteiger partial charge on any atom is 0.331 e. The van der Waals surface area contributed by atoms with Crippen LogP contribution in [0.25, 0.3) is 0 Å². The lowest BCUT2D eigenvalue weighted by Gasteiger charge is -2.13. The van der Waals surface area contributed by atoms with Crippen molar-refractivity contribution in [1.29, 1.82) is 5.26 Å². The van der Waals surface area contributed by atoms with E-state index >= 15 is 0 Å². The average Bonchev–Trinajstić information content (AvgIpc) is 3.03. The van der Waals surface area contributed by atoms with Crippen molar-refractivity contribution in [3.05, 3.63) is 46.7 Å². The van der Waals surface area contributed by atoms with E-state index in [0.29, 0.717) is 16.3 Å². The topological polar surface area (TPSA) is 79.2 Å². The van der Waals surface area contributed by atoms with Gasteiger partial charge in [-0.15, -0.1) is 11.3 Å². The summed E-state index contributed by atoms with van der Waals surface area (Å²) < 4.78 is 5.13. The highest BCUT2D eigenvalue weighted by molar-refractivity contribution is 7.12. The molecule has 0 saturated carbocycles.